The number of hydrogen-bond donors (Lipinski definition) is 2. The van der Waals surface area contributed by atoms with Crippen molar-refractivity contribution in [3.05, 3.63) is 18.0 Å². The molecule has 1 aromatic rings. The first-order valence-corrected chi connectivity index (χ1v) is 7.31. The van der Waals surface area contributed by atoms with Crippen molar-refractivity contribution in [2.45, 2.75) is 38.1 Å². The van der Waals surface area contributed by atoms with Gasteiger partial charge in [0.05, 0.1) is 17.0 Å². The average molecular weight is 260 g/mol. The van der Waals surface area contributed by atoms with E-state index >= 15 is 0 Å². The molecule has 0 amide bonds. The van der Waals surface area contributed by atoms with Crippen LogP contribution < -0.4 is 11.3 Å². The van der Waals surface area contributed by atoms with Gasteiger partial charge in [0.2, 0.25) is 0 Å². The Bertz CT molecular complexity index is 478. The van der Waals surface area contributed by atoms with Crippen molar-refractivity contribution in [2.24, 2.45) is 5.84 Å². The molecular weight excluding hydrogens is 240 g/mol. The summed E-state index contributed by atoms with van der Waals surface area (Å²) in [7, 11) is -3.24. The monoisotopic (exact) mass is 260 g/mol. The van der Waals surface area contributed by atoms with Crippen molar-refractivity contribution in [1.29, 1.82) is 0 Å². The van der Waals surface area contributed by atoms with E-state index in [0.29, 0.717) is 0 Å². The van der Waals surface area contributed by atoms with Gasteiger partial charge in [-0.2, -0.15) is 5.10 Å². The highest BCUT2D eigenvalue weighted by molar-refractivity contribution is 7.92. The molecule has 0 fully saturated rings. The second-order valence-corrected chi connectivity index (χ2v) is 7.20. The molecule has 17 heavy (non-hydrogen) atoms. The third-order valence-electron chi connectivity index (χ3n) is 3.13. The van der Waals surface area contributed by atoms with Crippen LogP contribution in [0.2, 0.25) is 0 Å². The Morgan fingerprint density at radius 1 is 1.59 bits per heavy atom. The van der Waals surface area contributed by atoms with Crippen LogP contribution in [0.1, 0.15) is 32.4 Å². The summed E-state index contributed by atoms with van der Waals surface area (Å²) in [6.45, 7) is 5.99. The highest BCUT2D eigenvalue weighted by atomic mass is 32.2. The van der Waals surface area contributed by atoms with Gasteiger partial charge < -0.3 is 0 Å². The zero-order valence-corrected chi connectivity index (χ0v) is 11.5. The number of hydrogen-bond acceptors (Lipinski definition) is 5. The molecule has 0 saturated carbocycles. The lowest BCUT2D eigenvalue weighted by Gasteiger charge is -2.31. The maximum atomic E-state index is 11.8. The van der Waals surface area contributed by atoms with Crippen LogP contribution in [-0.4, -0.2) is 29.2 Å². The van der Waals surface area contributed by atoms with Crippen LogP contribution in [0, 0.1) is 0 Å². The first-order valence-electron chi connectivity index (χ1n) is 5.42. The first kappa shape index (κ1) is 14.1. The fourth-order valence-electron chi connectivity index (χ4n) is 1.61. The lowest BCUT2D eigenvalue weighted by Crippen LogP contribution is -2.47. The van der Waals surface area contributed by atoms with E-state index < -0.39 is 20.6 Å². The quantitative estimate of drug-likeness (QED) is 0.584. The number of nitrogens with zero attached hydrogens (tertiary/aromatic N) is 2. The average Bonchev–Trinajstić information content (AvgIpc) is 2.65. The summed E-state index contributed by atoms with van der Waals surface area (Å²) < 4.78 is 24.3. The molecule has 1 aromatic heterocycles. The molecule has 1 unspecified atom stereocenters. The fourth-order valence-corrected chi connectivity index (χ4v) is 2.25. The zero-order valence-electron chi connectivity index (χ0n) is 10.6. The SMILES string of the molecule is CCn1cc(C(NN)C(C)(C)S(C)(=O)=O)cn1. The molecule has 1 heterocycles. The predicted molar refractivity (Wildman–Crippen MR) is 66.9 cm³/mol. The van der Waals surface area contributed by atoms with E-state index in [1.54, 1.807) is 30.9 Å². The molecule has 0 aromatic carbocycles. The van der Waals surface area contributed by atoms with Crippen molar-refractivity contribution in [3.8, 4) is 0 Å². The number of sulfone groups is 1. The van der Waals surface area contributed by atoms with Crippen LogP contribution in [0.25, 0.3) is 0 Å². The molecule has 0 aliphatic heterocycles. The Hall–Kier alpha value is -0.920. The van der Waals surface area contributed by atoms with Crippen LogP contribution in [0.5, 0.6) is 0 Å². The smallest absolute Gasteiger partial charge is 0.154 e. The fraction of sp³-hybridized carbons (Fsp3) is 0.700. The third kappa shape index (κ3) is 2.67. The van der Waals surface area contributed by atoms with Gasteiger partial charge in [0.25, 0.3) is 0 Å². The summed E-state index contributed by atoms with van der Waals surface area (Å²) >= 11 is 0. The molecule has 3 N–H and O–H groups in total. The molecule has 0 aliphatic rings. The molecule has 0 spiro atoms. The van der Waals surface area contributed by atoms with Gasteiger partial charge in [-0.05, 0) is 20.8 Å². The lowest BCUT2D eigenvalue weighted by atomic mass is 9.98. The summed E-state index contributed by atoms with van der Waals surface area (Å²) in [5.74, 6) is 5.49. The maximum absolute atomic E-state index is 11.8. The first-order chi connectivity index (χ1) is 7.74. The van der Waals surface area contributed by atoms with E-state index in [4.69, 9.17) is 5.84 Å². The molecule has 0 saturated heterocycles. The summed E-state index contributed by atoms with van der Waals surface area (Å²) in [5.41, 5.74) is 3.34. The van der Waals surface area contributed by atoms with Gasteiger partial charge in [0.1, 0.15) is 0 Å². The van der Waals surface area contributed by atoms with E-state index in [-0.39, 0.29) is 0 Å². The number of hydrazine groups is 1. The van der Waals surface area contributed by atoms with Crippen molar-refractivity contribution < 1.29 is 8.42 Å². The second kappa shape index (κ2) is 4.75. The minimum atomic E-state index is -3.24. The van der Waals surface area contributed by atoms with Crippen LogP contribution >= 0.6 is 0 Å². The Labute approximate surface area is 102 Å². The minimum Gasteiger partial charge on any atom is -0.273 e. The van der Waals surface area contributed by atoms with Gasteiger partial charge in [0, 0.05) is 24.6 Å². The molecule has 6 nitrogen and oxygen atoms in total. The summed E-state index contributed by atoms with van der Waals surface area (Å²) in [5, 5.41) is 4.13. The summed E-state index contributed by atoms with van der Waals surface area (Å²) in [4.78, 5) is 0. The minimum absolute atomic E-state index is 0.488. The van der Waals surface area contributed by atoms with Gasteiger partial charge in [0.15, 0.2) is 9.84 Å². The highest BCUT2D eigenvalue weighted by Gasteiger charge is 2.40. The molecule has 1 atom stereocenters. The third-order valence-corrected chi connectivity index (χ3v) is 5.28. The number of nitrogens with one attached hydrogen (secondary N) is 1. The number of aryl methyl sites for hydroxylation is 1. The van der Waals surface area contributed by atoms with E-state index in [2.05, 4.69) is 10.5 Å². The number of nitrogens with two attached hydrogens (primary N) is 1. The van der Waals surface area contributed by atoms with Gasteiger partial charge in [-0.25, -0.2) is 8.42 Å². The largest absolute Gasteiger partial charge is 0.273 e. The maximum Gasteiger partial charge on any atom is 0.154 e. The Morgan fingerprint density at radius 2 is 2.18 bits per heavy atom. The van der Waals surface area contributed by atoms with Gasteiger partial charge >= 0.3 is 0 Å². The van der Waals surface area contributed by atoms with E-state index in [0.717, 1.165) is 12.1 Å². The molecule has 0 aliphatic carbocycles. The van der Waals surface area contributed by atoms with Crippen LogP contribution in [0.3, 0.4) is 0 Å². The molecule has 7 heteroatoms. The van der Waals surface area contributed by atoms with Gasteiger partial charge in [-0.3, -0.25) is 16.0 Å². The standard InChI is InChI=1S/C10H20N4O2S/c1-5-14-7-8(6-12-14)9(13-11)10(2,3)17(4,15)16/h6-7,9,13H,5,11H2,1-4H3. The van der Waals surface area contributed by atoms with Crippen molar-refractivity contribution >= 4 is 9.84 Å². The molecule has 0 bridgehead atoms. The molecular formula is C10H20N4O2S. The predicted octanol–water partition coefficient (Wildman–Crippen LogP) is 0.231. The van der Waals surface area contributed by atoms with Crippen LogP contribution in [-0.2, 0) is 16.4 Å². The van der Waals surface area contributed by atoms with Crippen molar-refractivity contribution in [1.82, 2.24) is 15.2 Å². The van der Waals surface area contributed by atoms with E-state index in [9.17, 15) is 8.42 Å². The van der Waals surface area contributed by atoms with Crippen molar-refractivity contribution in [3.63, 3.8) is 0 Å². The molecule has 0 radical (unpaired) electrons. The van der Waals surface area contributed by atoms with Gasteiger partial charge in [-0.15, -0.1) is 0 Å². The van der Waals surface area contributed by atoms with E-state index in [1.165, 1.54) is 6.26 Å². The topological polar surface area (TPSA) is 90.0 Å². The Balaban J connectivity index is 3.16. The highest BCUT2D eigenvalue weighted by Crippen LogP contribution is 2.31. The van der Waals surface area contributed by atoms with Crippen LogP contribution in [0.15, 0.2) is 12.4 Å². The number of rotatable bonds is 5. The number of aromatic nitrogens is 2. The second-order valence-electron chi connectivity index (χ2n) is 4.60. The zero-order chi connectivity index (χ0) is 13.3. The van der Waals surface area contributed by atoms with Gasteiger partial charge in [-0.1, -0.05) is 0 Å². The normalized spacial score (nSPS) is 14.9. The summed E-state index contributed by atoms with van der Waals surface area (Å²) in [6.07, 6.45) is 4.65. The Morgan fingerprint density at radius 3 is 2.53 bits per heavy atom. The van der Waals surface area contributed by atoms with Crippen molar-refractivity contribution in [2.75, 3.05) is 6.26 Å². The lowest BCUT2D eigenvalue weighted by molar-refractivity contribution is 0.427. The molecule has 98 valence electrons. The Kier molecular flexibility index (Phi) is 3.95. The van der Waals surface area contributed by atoms with Crippen LogP contribution in [0.4, 0.5) is 0 Å². The summed E-state index contributed by atoms with van der Waals surface area (Å²) in [6, 6.07) is -0.488. The molecule has 1 rings (SSSR count). The van der Waals surface area contributed by atoms with E-state index in [1.807, 2.05) is 6.92 Å².